The van der Waals surface area contributed by atoms with Crippen molar-refractivity contribution in [2.24, 2.45) is 0 Å². The molecular formula is C54H40N2. The van der Waals surface area contributed by atoms with Crippen molar-refractivity contribution in [3.8, 4) is 44.5 Å². The zero-order valence-electron chi connectivity index (χ0n) is 31.0. The second kappa shape index (κ2) is 15.9. The van der Waals surface area contributed by atoms with Crippen molar-refractivity contribution in [2.75, 3.05) is 9.80 Å². The number of rotatable bonds is 10. The van der Waals surface area contributed by atoms with Gasteiger partial charge < -0.3 is 9.80 Å². The minimum atomic E-state index is 1.10. The fraction of sp³-hybridized carbons (Fsp3) is 0. The fourth-order valence-corrected chi connectivity index (χ4v) is 7.53. The van der Waals surface area contributed by atoms with Crippen molar-refractivity contribution < 1.29 is 0 Å². The van der Waals surface area contributed by atoms with E-state index in [4.69, 9.17) is 0 Å². The van der Waals surface area contributed by atoms with Gasteiger partial charge in [-0.25, -0.2) is 0 Å². The number of benzene rings is 9. The average Bonchev–Trinajstić information content (AvgIpc) is 3.29. The van der Waals surface area contributed by atoms with Gasteiger partial charge in [-0.15, -0.1) is 0 Å². The Labute approximate surface area is 329 Å². The van der Waals surface area contributed by atoms with E-state index < -0.39 is 0 Å². The Morgan fingerprint density at radius 2 is 0.429 bits per heavy atom. The van der Waals surface area contributed by atoms with Crippen LogP contribution in [-0.4, -0.2) is 0 Å². The van der Waals surface area contributed by atoms with Crippen molar-refractivity contribution in [1.82, 2.24) is 0 Å². The SMILES string of the molecule is c1ccc(-c2ccc(N(c3ccccc3)c3ccccc3-c3ccc(-c4ccccc4N(c4ccccc4)c4ccc(-c5ccccc5)cc4)cc3)cc2)cc1. The van der Waals surface area contributed by atoms with E-state index in [0.29, 0.717) is 0 Å². The molecule has 0 radical (unpaired) electrons. The van der Waals surface area contributed by atoms with Crippen LogP contribution in [-0.2, 0) is 0 Å². The van der Waals surface area contributed by atoms with Crippen LogP contribution >= 0.6 is 0 Å². The lowest BCUT2D eigenvalue weighted by molar-refractivity contribution is 1.28. The minimum Gasteiger partial charge on any atom is -0.310 e. The maximum absolute atomic E-state index is 2.36. The van der Waals surface area contributed by atoms with Crippen LogP contribution in [0.15, 0.2) is 243 Å². The van der Waals surface area contributed by atoms with Gasteiger partial charge in [0.1, 0.15) is 0 Å². The molecule has 0 saturated carbocycles. The van der Waals surface area contributed by atoms with Gasteiger partial charge in [-0.2, -0.15) is 0 Å². The highest BCUT2D eigenvalue weighted by Gasteiger charge is 2.19. The third-order valence-corrected chi connectivity index (χ3v) is 10.3. The topological polar surface area (TPSA) is 6.48 Å². The highest BCUT2D eigenvalue weighted by molar-refractivity contribution is 5.91. The Hall–Kier alpha value is -7.42. The molecule has 266 valence electrons. The van der Waals surface area contributed by atoms with Crippen LogP contribution in [0.2, 0.25) is 0 Å². The molecule has 9 rings (SSSR count). The summed E-state index contributed by atoms with van der Waals surface area (Å²) in [4.78, 5) is 4.71. The Kier molecular flexibility index (Phi) is 9.75. The van der Waals surface area contributed by atoms with Crippen LogP contribution in [0, 0.1) is 0 Å². The number of anilines is 6. The summed E-state index contributed by atoms with van der Waals surface area (Å²) in [5.41, 5.74) is 16.1. The number of hydrogen-bond donors (Lipinski definition) is 0. The molecule has 0 aliphatic carbocycles. The van der Waals surface area contributed by atoms with Gasteiger partial charge in [0.2, 0.25) is 0 Å². The van der Waals surface area contributed by atoms with Gasteiger partial charge in [0.05, 0.1) is 11.4 Å². The third-order valence-electron chi connectivity index (χ3n) is 10.3. The molecule has 0 fully saturated rings. The maximum Gasteiger partial charge on any atom is 0.0540 e. The number of para-hydroxylation sites is 4. The van der Waals surface area contributed by atoms with E-state index >= 15 is 0 Å². The summed E-state index contributed by atoms with van der Waals surface area (Å²) in [7, 11) is 0. The van der Waals surface area contributed by atoms with Crippen molar-refractivity contribution >= 4 is 34.1 Å². The summed E-state index contributed by atoms with van der Waals surface area (Å²) in [5, 5.41) is 0. The summed E-state index contributed by atoms with van der Waals surface area (Å²) in [5.74, 6) is 0. The van der Waals surface area contributed by atoms with Crippen LogP contribution in [0.25, 0.3) is 44.5 Å². The molecule has 0 unspecified atom stereocenters. The molecule has 0 amide bonds. The van der Waals surface area contributed by atoms with E-state index in [0.717, 1.165) is 56.4 Å². The Bertz CT molecular complexity index is 2450. The van der Waals surface area contributed by atoms with Crippen LogP contribution in [0.3, 0.4) is 0 Å². The molecular weight excluding hydrogens is 677 g/mol. The third kappa shape index (κ3) is 7.12. The van der Waals surface area contributed by atoms with E-state index in [1.165, 1.54) is 22.3 Å². The van der Waals surface area contributed by atoms with Gasteiger partial charge in [0.25, 0.3) is 0 Å². The van der Waals surface area contributed by atoms with Gasteiger partial charge in [-0.05, 0) is 94.0 Å². The average molecular weight is 717 g/mol. The largest absolute Gasteiger partial charge is 0.310 e. The molecule has 9 aromatic rings. The molecule has 2 nitrogen and oxygen atoms in total. The predicted octanol–water partition coefficient (Wildman–Crippen LogP) is 15.3. The highest BCUT2D eigenvalue weighted by Crippen LogP contribution is 2.44. The summed E-state index contributed by atoms with van der Waals surface area (Å²) in [6.45, 7) is 0. The molecule has 0 aromatic heterocycles. The van der Waals surface area contributed by atoms with Crippen LogP contribution < -0.4 is 9.80 Å². The first-order valence-corrected chi connectivity index (χ1v) is 19.1. The second-order valence-corrected chi connectivity index (χ2v) is 13.8. The molecule has 56 heavy (non-hydrogen) atoms. The molecule has 9 aromatic carbocycles. The summed E-state index contributed by atoms with van der Waals surface area (Å²) in [6, 6.07) is 86.5. The van der Waals surface area contributed by atoms with Crippen LogP contribution in [0.4, 0.5) is 34.1 Å². The second-order valence-electron chi connectivity index (χ2n) is 13.8. The van der Waals surface area contributed by atoms with Crippen molar-refractivity contribution in [1.29, 1.82) is 0 Å². The predicted molar refractivity (Wildman–Crippen MR) is 238 cm³/mol. The van der Waals surface area contributed by atoms with Crippen LogP contribution in [0.5, 0.6) is 0 Å². The minimum absolute atomic E-state index is 1.10. The lowest BCUT2D eigenvalue weighted by Gasteiger charge is -2.28. The Balaban J connectivity index is 1.08. The molecule has 0 aliphatic rings. The molecule has 0 aliphatic heterocycles. The van der Waals surface area contributed by atoms with Crippen molar-refractivity contribution in [3.05, 3.63) is 243 Å². The monoisotopic (exact) mass is 716 g/mol. The molecule has 0 atom stereocenters. The summed E-state index contributed by atoms with van der Waals surface area (Å²) in [6.07, 6.45) is 0. The zero-order chi connectivity index (χ0) is 37.5. The molecule has 0 spiro atoms. The van der Waals surface area contributed by atoms with E-state index in [2.05, 4.69) is 252 Å². The molecule has 0 N–H and O–H groups in total. The summed E-state index contributed by atoms with van der Waals surface area (Å²) >= 11 is 0. The lowest BCUT2D eigenvalue weighted by Crippen LogP contribution is -2.11. The van der Waals surface area contributed by atoms with Gasteiger partial charge in [0.15, 0.2) is 0 Å². The van der Waals surface area contributed by atoms with Crippen molar-refractivity contribution in [2.45, 2.75) is 0 Å². The molecule has 0 saturated heterocycles. The first-order chi connectivity index (χ1) is 27.8. The van der Waals surface area contributed by atoms with E-state index in [1.54, 1.807) is 0 Å². The maximum atomic E-state index is 2.36. The normalized spacial score (nSPS) is 10.9. The number of hydrogen-bond acceptors (Lipinski definition) is 2. The molecule has 0 bridgehead atoms. The van der Waals surface area contributed by atoms with Crippen LogP contribution in [0.1, 0.15) is 0 Å². The Morgan fingerprint density at radius 3 is 0.786 bits per heavy atom. The smallest absolute Gasteiger partial charge is 0.0540 e. The molecule has 0 heterocycles. The highest BCUT2D eigenvalue weighted by atomic mass is 15.1. The summed E-state index contributed by atoms with van der Waals surface area (Å²) < 4.78 is 0. The van der Waals surface area contributed by atoms with Gasteiger partial charge in [0, 0.05) is 33.9 Å². The van der Waals surface area contributed by atoms with E-state index in [9.17, 15) is 0 Å². The lowest BCUT2D eigenvalue weighted by atomic mass is 9.96. The van der Waals surface area contributed by atoms with E-state index in [-0.39, 0.29) is 0 Å². The van der Waals surface area contributed by atoms with E-state index in [1.807, 2.05) is 0 Å². The molecule has 2 heteroatoms. The fourth-order valence-electron chi connectivity index (χ4n) is 7.53. The number of nitrogens with zero attached hydrogens (tertiary/aromatic N) is 2. The van der Waals surface area contributed by atoms with Gasteiger partial charge in [-0.1, -0.05) is 182 Å². The van der Waals surface area contributed by atoms with Gasteiger partial charge in [-0.3, -0.25) is 0 Å². The zero-order valence-corrected chi connectivity index (χ0v) is 31.0. The first kappa shape index (κ1) is 34.4. The van der Waals surface area contributed by atoms with Gasteiger partial charge >= 0.3 is 0 Å². The quantitative estimate of drug-likeness (QED) is 0.139. The standard InChI is InChI=1S/C54H40N2/c1-5-17-41(18-6-1)43-33-37-49(38-34-43)55(47-21-9-3-10-22-47)53-27-15-13-25-51(53)45-29-31-46(32-30-45)52-26-14-16-28-54(52)56(48-23-11-4-12-24-48)50-39-35-44(36-40-50)42-19-7-2-8-20-42/h1-40H. The first-order valence-electron chi connectivity index (χ1n) is 19.1. The Morgan fingerprint density at radius 1 is 0.179 bits per heavy atom. The van der Waals surface area contributed by atoms with Crippen molar-refractivity contribution in [3.63, 3.8) is 0 Å².